The third-order valence-electron chi connectivity index (χ3n) is 7.19. The van der Waals surface area contributed by atoms with E-state index >= 15 is 0 Å². The summed E-state index contributed by atoms with van der Waals surface area (Å²) in [5.41, 5.74) is 4.48. The molecule has 0 radical (unpaired) electrons. The van der Waals surface area contributed by atoms with Crippen molar-refractivity contribution in [1.82, 2.24) is 9.78 Å². The van der Waals surface area contributed by atoms with Gasteiger partial charge in [0, 0.05) is 24.5 Å². The molecule has 0 aliphatic carbocycles. The first-order chi connectivity index (χ1) is 19.4. The van der Waals surface area contributed by atoms with Gasteiger partial charge < -0.3 is 10.4 Å². The molecule has 0 spiro atoms. The van der Waals surface area contributed by atoms with E-state index in [1.807, 2.05) is 71.5 Å². The molecule has 40 heavy (non-hydrogen) atoms. The Morgan fingerprint density at radius 2 is 1.68 bits per heavy atom. The molecule has 2 N–H and O–H groups in total. The maximum Gasteiger partial charge on any atom is 0.335 e. The predicted molar refractivity (Wildman–Crippen MR) is 159 cm³/mol. The topological polar surface area (TPSA) is 84.2 Å². The SMILES string of the molecule is CC(C)CC(C(=O)Nc1cc(Cn2cccn2)ccc1Cc1ccccc1C(=O)O)c1cccc2ccccc12. The smallest absolute Gasteiger partial charge is 0.335 e. The molecule has 1 amide bonds. The summed E-state index contributed by atoms with van der Waals surface area (Å²) < 4.78 is 1.83. The fourth-order valence-corrected chi connectivity index (χ4v) is 5.28. The van der Waals surface area contributed by atoms with Crippen LogP contribution in [-0.4, -0.2) is 26.8 Å². The molecule has 4 aromatic carbocycles. The summed E-state index contributed by atoms with van der Waals surface area (Å²) in [7, 11) is 0. The van der Waals surface area contributed by atoms with Crippen LogP contribution in [0.15, 0.2) is 103 Å². The third kappa shape index (κ3) is 6.12. The number of aromatic carboxylic acids is 1. The summed E-state index contributed by atoms with van der Waals surface area (Å²) in [5, 5.41) is 19.5. The lowest BCUT2D eigenvalue weighted by atomic mass is 9.86. The van der Waals surface area contributed by atoms with Gasteiger partial charge in [0.05, 0.1) is 18.0 Å². The van der Waals surface area contributed by atoms with E-state index in [1.54, 1.807) is 18.3 Å². The number of carbonyl (C=O) groups is 2. The monoisotopic (exact) mass is 531 g/mol. The summed E-state index contributed by atoms with van der Waals surface area (Å²) in [6.45, 7) is 4.81. The van der Waals surface area contributed by atoms with Gasteiger partial charge in [0.25, 0.3) is 0 Å². The second kappa shape index (κ2) is 12.0. The van der Waals surface area contributed by atoms with Crippen LogP contribution in [0.25, 0.3) is 10.8 Å². The van der Waals surface area contributed by atoms with E-state index in [9.17, 15) is 14.7 Å². The number of rotatable bonds is 10. The highest BCUT2D eigenvalue weighted by Crippen LogP contribution is 2.32. The minimum Gasteiger partial charge on any atom is -0.478 e. The van der Waals surface area contributed by atoms with Crippen molar-refractivity contribution in [2.75, 3.05) is 5.32 Å². The molecule has 0 saturated carbocycles. The Bertz CT molecular complexity index is 1630. The zero-order valence-corrected chi connectivity index (χ0v) is 22.7. The van der Waals surface area contributed by atoms with Crippen molar-refractivity contribution in [2.24, 2.45) is 5.92 Å². The molecular formula is C34H33N3O3. The Labute approximate surface area is 234 Å². The van der Waals surface area contributed by atoms with Gasteiger partial charge in [-0.15, -0.1) is 0 Å². The number of aromatic nitrogens is 2. The molecule has 0 saturated heterocycles. The van der Waals surface area contributed by atoms with Crippen molar-refractivity contribution < 1.29 is 14.7 Å². The Morgan fingerprint density at radius 1 is 0.900 bits per heavy atom. The van der Waals surface area contributed by atoms with Crippen LogP contribution < -0.4 is 5.32 Å². The standard InChI is InChI=1S/C34H33N3O3/c1-23(2)19-31(30-14-7-11-25-9-3-5-12-28(25)30)33(38)36-32-20-24(22-37-18-8-17-35-37)15-16-27(32)21-26-10-4-6-13-29(26)34(39)40/h3-18,20,23,31H,19,21-22H2,1-2H3,(H,36,38)(H,39,40). The molecule has 202 valence electrons. The number of carboxylic acids is 1. The van der Waals surface area contributed by atoms with Crippen molar-refractivity contribution in [3.05, 3.63) is 131 Å². The van der Waals surface area contributed by atoms with E-state index in [2.05, 4.69) is 42.5 Å². The van der Waals surface area contributed by atoms with Crippen LogP contribution in [0.2, 0.25) is 0 Å². The quantitative estimate of drug-likeness (QED) is 0.201. The molecule has 5 aromatic rings. The number of nitrogens with one attached hydrogen (secondary N) is 1. The molecule has 6 nitrogen and oxygen atoms in total. The maximum absolute atomic E-state index is 14.1. The number of anilines is 1. The van der Waals surface area contributed by atoms with Crippen molar-refractivity contribution in [1.29, 1.82) is 0 Å². The number of carbonyl (C=O) groups excluding carboxylic acids is 1. The van der Waals surface area contributed by atoms with E-state index < -0.39 is 5.97 Å². The van der Waals surface area contributed by atoms with Crippen LogP contribution in [0.5, 0.6) is 0 Å². The number of hydrogen-bond donors (Lipinski definition) is 2. The van der Waals surface area contributed by atoms with Crippen molar-refractivity contribution in [2.45, 2.75) is 39.2 Å². The van der Waals surface area contributed by atoms with Gasteiger partial charge in [-0.3, -0.25) is 9.48 Å². The molecule has 1 atom stereocenters. The molecule has 6 heteroatoms. The van der Waals surface area contributed by atoms with Crippen LogP contribution in [0.1, 0.15) is 58.8 Å². The lowest BCUT2D eigenvalue weighted by molar-refractivity contribution is -0.117. The largest absolute Gasteiger partial charge is 0.478 e. The molecular weight excluding hydrogens is 498 g/mol. The van der Waals surface area contributed by atoms with E-state index in [0.29, 0.717) is 36.6 Å². The van der Waals surface area contributed by atoms with Gasteiger partial charge in [0.15, 0.2) is 0 Å². The lowest BCUT2D eigenvalue weighted by Gasteiger charge is -2.22. The zero-order chi connectivity index (χ0) is 28.1. The highest BCUT2D eigenvalue weighted by Gasteiger charge is 2.25. The molecule has 1 heterocycles. The third-order valence-corrected chi connectivity index (χ3v) is 7.19. The van der Waals surface area contributed by atoms with Crippen LogP contribution >= 0.6 is 0 Å². The summed E-state index contributed by atoms with van der Waals surface area (Å²) >= 11 is 0. The second-order valence-corrected chi connectivity index (χ2v) is 10.6. The molecule has 5 rings (SSSR count). The fourth-order valence-electron chi connectivity index (χ4n) is 5.28. The Balaban J connectivity index is 1.53. The second-order valence-electron chi connectivity index (χ2n) is 10.6. The van der Waals surface area contributed by atoms with Crippen molar-refractivity contribution in [3.63, 3.8) is 0 Å². The van der Waals surface area contributed by atoms with Crippen LogP contribution in [0, 0.1) is 5.92 Å². The molecule has 1 aromatic heterocycles. The van der Waals surface area contributed by atoms with Gasteiger partial charge in [-0.1, -0.05) is 86.6 Å². The highest BCUT2D eigenvalue weighted by molar-refractivity contribution is 6.00. The zero-order valence-electron chi connectivity index (χ0n) is 22.7. The first-order valence-corrected chi connectivity index (χ1v) is 13.6. The van der Waals surface area contributed by atoms with Gasteiger partial charge in [0.1, 0.15) is 0 Å². The van der Waals surface area contributed by atoms with Gasteiger partial charge in [-0.25, -0.2) is 4.79 Å². The lowest BCUT2D eigenvalue weighted by Crippen LogP contribution is -2.24. The Kier molecular flexibility index (Phi) is 8.06. The molecule has 0 aliphatic heterocycles. The molecule has 0 fully saturated rings. The minimum atomic E-state index is -0.968. The first-order valence-electron chi connectivity index (χ1n) is 13.6. The summed E-state index contributed by atoms with van der Waals surface area (Å²) in [5.74, 6) is -1.08. The van der Waals surface area contributed by atoms with Gasteiger partial charge in [-0.2, -0.15) is 5.10 Å². The average Bonchev–Trinajstić information content (AvgIpc) is 3.46. The summed E-state index contributed by atoms with van der Waals surface area (Å²) in [6.07, 6.45) is 4.71. The van der Waals surface area contributed by atoms with Crippen LogP contribution in [-0.2, 0) is 17.8 Å². The highest BCUT2D eigenvalue weighted by atomic mass is 16.4. The van der Waals surface area contributed by atoms with Crippen LogP contribution in [0.4, 0.5) is 5.69 Å². The first kappa shape index (κ1) is 26.9. The van der Waals surface area contributed by atoms with E-state index in [1.165, 1.54) is 0 Å². The number of nitrogens with zero attached hydrogens (tertiary/aromatic N) is 2. The molecule has 1 unspecified atom stereocenters. The minimum absolute atomic E-state index is 0.0749. The normalized spacial score (nSPS) is 12.0. The summed E-state index contributed by atoms with van der Waals surface area (Å²) in [4.78, 5) is 26.0. The number of benzene rings is 4. The van der Waals surface area contributed by atoms with E-state index in [-0.39, 0.29) is 17.4 Å². The molecule has 0 bridgehead atoms. The maximum atomic E-state index is 14.1. The predicted octanol–water partition coefficient (Wildman–Crippen LogP) is 7.14. The molecule has 0 aliphatic rings. The van der Waals surface area contributed by atoms with Gasteiger partial charge in [-0.05, 0) is 63.6 Å². The summed E-state index contributed by atoms with van der Waals surface area (Å²) in [6, 6.07) is 29.1. The van der Waals surface area contributed by atoms with Crippen molar-refractivity contribution in [3.8, 4) is 0 Å². The number of amides is 1. The van der Waals surface area contributed by atoms with Crippen LogP contribution in [0.3, 0.4) is 0 Å². The number of carboxylic acid groups (broad SMARTS) is 1. The number of hydrogen-bond acceptors (Lipinski definition) is 3. The van der Waals surface area contributed by atoms with E-state index in [0.717, 1.165) is 27.5 Å². The average molecular weight is 532 g/mol. The Hall–Kier alpha value is -4.71. The fraction of sp³-hybridized carbons (Fsp3) is 0.206. The van der Waals surface area contributed by atoms with Crippen molar-refractivity contribution >= 4 is 28.3 Å². The number of fused-ring (bicyclic) bond motifs is 1. The van der Waals surface area contributed by atoms with Gasteiger partial charge in [0.2, 0.25) is 5.91 Å². The Morgan fingerprint density at radius 3 is 2.45 bits per heavy atom. The van der Waals surface area contributed by atoms with Gasteiger partial charge >= 0.3 is 5.97 Å². The van der Waals surface area contributed by atoms with E-state index in [4.69, 9.17) is 0 Å².